The van der Waals surface area contributed by atoms with Crippen LogP contribution in [0.1, 0.15) is 27.4 Å². The van der Waals surface area contributed by atoms with Crippen molar-refractivity contribution in [3.05, 3.63) is 58.6 Å². The number of rotatable bonds is 10. The molecule has 3 aromatic heterocycles. The zero-order chi connectivity index (χ0) is 21.3. The number of amides is 2. The molecule has 0 saturated carbocycles. The average Bonchev–Trinajstić information content (AvgIpc) is 3.36. The first-order valence-corrected chi connectivity index (χ1v) is 10.1. The molecule has 3 aromatic rings. The van der Waals surface area contributed by atoms with E-state index in [9.17, 15) is 9.59 Å². The molecule has 0 fully saturated rings. The number of nitrogens with one attached hydrogen (secondary N) is 2. The summed E-state index contributed by atoms with van der Waals surface area (Å²) in [6, 6.07) is 5.18. The fraction of sp³-hybridized carbons (Fsp3) is 0.300. The average molecular weight is 430 g/mol. The van der Waals surface area contributed by atoms with E-state index < -0.39 is 0 Å². The van der Waals surface area contributed by atoms with Crippen LogP contribution in [0.5, 0.6) is 5.88 Å². The molecule has 3 rings (SSSR count). The second-order valence-corrected chi connectivity index (χ2v) is 7.15. The van der Waals surface area contributed by atoms with Crippen LogP contribution in [0.3, 0.4) is 0 Å². The lowest BCUT2D eigenvalue weighted by Gasteiger charge is -2.07. The summed E-state index contributed by atoms with van der Waals surface area (Å²) in [5.41, 5.74) is 1.88. The highest BCUT2D eigenvalue weighted by molar-refractivity contribution is 7.14. The Kier molecular flexibility index (Phi) is 7.52. The Hall–Kier alpha value is -3.24. The first kappa shape index (κ1) is 21.5. The summed E-state index contributed by atoms with van der Waals surface area (Å²) in [6.07, 6.45) is 3.22. The van der Waals surface area contributed by atoms with Crippen molar-refractivity contribution in [1.82, 2.24) is 15.3 Å². The van der Waals surface area contributed by atoms with Crippen molar-refractivity contribution >= 4 is 28.3 Å². The minimum atomic E-state index is -0.297. The molecule has 9 nitrogen and oxygen atoms in total. The molecule has 0 aliphatic rings. The molecule has 2 N–H and O–H groups in total. The highest BCUT2D eigenvalue weighted by atomic mass is 32.1. The standard InChI is InChI=1S/C20H22N4O5S/c1-13-16(5-6-28-13)19(26)24-20-23-15(12-30-20)9-17(25)21-10-14-3-4-18(22-11-14)29-8-7-27-2/h3-6,11-12H,7-10H2,1-2H3,(H,21,25)(H,23,24,26). The Labute approximate surface area is 177 Å². The summed E-state index contributed by atoms with van der Waals surface area (Å²) >= 11 is 1.26. The second-order valence-electron chi connectivity index (χ2n) is 6.29. The third-order valence-electron chi connectivity index (χ3n) is 4.04. The number of aryl methyl sites for hydroxylation is 1. The number of hydrogen-bond acceptors (Lipinski definition) is 8. The fourth-order valence-electron chi connectivity index (χ4n) is 2.49. The monoisotopic (exact) mass is 430 g/mol. The van der Waals surface area contributed by atoms with Gasteiger partial charge in [-0.2, -0.15) is 0 Å². The summed E-state index contributed by atoms with van der Waals surface area (Å²) in [5, 5.41) is 7.70. The van der Waals surface area contributed by atoms with Gasteiger partial charge in [0.2, 0.25) is 11.8 Å². The van der Waals surface area contributed by atoms with Crippen LogP contribution in [-0.2, 0) is 22.5 Å². The van der Waals surface area contributed by atoms with Crippen LogP contribution in [0.25, 0.3) is 0 Å². The van der Waals surface area contributed by atoms with E-state index in [1.807, 2.05) is 6.07 Å². The van der Waals surface area contributed by atoms with E-state index >= 15 is 0 Å². The number of anilines is 1. The van der Waals surface area contributed by atoms with E-state index in [1.54, 1.807) is 37.7 Å². The summed E-state index contributed by atoms with van der Waals surface area (Å²) in [4.78, 5) is 32.8. The van der Waals surface area contributed by atoms with Crippen LogP contribution in [0.2, 0.25) is 0 Å². The van der Waals surface area contributed by atoms with Crippen molar-refractivity contribution in [2.75, 3.05) is 25.6 Å². The normalized spacial score (nSPS) is 10.6. The molecule has 0 saturated heterocycles. The number of methoxy groups -OCH3 is 1. The number of nitrogens with zero attached hydrogens (tertiary/aromatic N) is 2. The molecule has 30 heavy (non-hydrogen) atoms. The first-order chi connectivity index (χ1) is 14.5. The second kappa shape index (κ2) is 10.5. The predicted molar refractivity (Wildman–Crippen MR) is 111 cm³/mol. The Balaban J connectivity index is 1.44. The lowest BCUT2D eigenvalue weighted by atomic mass is 10.2. The molecule has 0 aliphatic heterocycles. The van der Waals surface area contributed by atoms with Gasteiger partial charge in [0.05, 0.1) is 30.5 Å². The molecule has 10 heteroatoms. The van der Waals surface area contributed by atoms with Gasteiger partial charge in [-0.1, -0.05) is 6.07 Å². The van der Waals surface area contributed by atoms with Gasteiger partial charge < -0.3 is 19.2 Å². The van der Waals surface area contributed by atoms with Crippen molar-refractivity contribution in [2.45, 2.75) is 19.9 Å². The minimum absolute atomic E-state index is 0.114. The van der Waals surface area contributed by atoms with Crippen molar-refractivity contribution < 1.29 is 23.5 Å². The maximum atomic E-state index is 12.2. The molecule has 0 spiro atoms. The maximum Gasteiger partial charge on any atom is 0.260 e. The molecule has 0 aliphatic carbocycles. The van der Waals surface area contributed by atoms with Crippen LogP contribution < -0.4 is 15.4 Å². The molecule has 0 bridgehead atoms. The zero-order valence-electron chi connectivity index (χ0n) is 16.6. The topological polar surface area (TPSA) is 116 Å². The Morgan fingerprint density at radius 1 is 1.23 bits per heavy atom. The van der Waals surface area contributed by atoms with E-state index in [0.717, 1.165) is 5.56 Å². The van der Waals surface area contributed by atoms with Gasteiger partial charge in [0.25, 0.3) is 5.91 Å². The summed E-state index contributed by atoms with van der Waals surface area (Å²) in [5.74, 6) is 0.565. The van der Waals surface area contributed by atoms with Crippen LogP contribution in [-0.4, -0.2) is 42.1 Å². The van der Waals surface area contributed by atoms with Gasteiger partial charge in [-0.25, -0.2) is 9.97 Å². The van der Waals surface area contributed by atoms with Gasteiger partial charge in [0.15, 0.2) is 5.13 Å². The van der Waals surface area contributed by atoms with E-state index in [1.165, 1.54) is 17.6 Å². The number of carbonyl (C=O) groups is 2. The van der Waals surface area contributed by atoms with Gasteiger partial charge in [-0.3, -0.25) is 14.9 Å². The molecule has 158 valence electrons. The largest absolute Gasteiger partial charge is 0.475 e. The predicted octanol–water partition coefficient (Wildman–Crippen LogP) is 2.58. The number of hydrogen-bond donors (Lipinski definition) is 2. The number of aromatic nitrogens is 2. The molecule has 3 heterocycles. The van der Waals surface area contributed by atoms with Gasteiger partial charge in [-0.05, 0) is 18.6 Å². The van der Waals surface area contributed by atoms with Crippen LogP contribution >= 0.6 is 11.3 Å². The third-order valence-corrected chi connectivity index (χ3v) is 4.85. The minimum Gasteiger partial charge on any atom is -0.475 e. The number of ether oxygens (including phenoxy) is 2. The summed E-state index contributed by atoms with van der Waals surface area (Å²) in [6.45, 7) is 2.98. The lowest BCUT2D eigenvalue weighted by Crippen LogP contribution is -2.24. The molecule has 0 radical (unpaired) electrons. The molecular weight excluding hydrogens is 408 g/mol. The number of thiazole rings is 1. The Morgan fingerprint density at radius 3 is 2.80 bits per heavy atom. The molecule has 0 unspecified atom stereocenters. The van der Waals surface area contributed by atoms with Gasteiger partial charge in [0.1, 0.15) is 12.4 Å². The van der Waals surface area contributed by atoms with Crippen LogP contribution in [0, 0.1) is 6.92 Å². The highest BCUT2D eigenvalue weighted by Crippen LogP contribution is 2.18. The quantitative estimate of drug-likeness (QED) is 0.475. The van der Waals surface area contributed by atoms with E-state index in [-0.39, 0.29) is 18.2 Å². The fourth-order valence-corrected chi connectivity index (χ4v) is 3.19. The van der Waals surface area contributed by atoms with E-state index in [0.29, 0.717) is 47.8 Å². The van der Waals surface area contributed by atoms with Gasteiger partial charge in [0, 0.05) is 31.3 Å². The van der Waals surface area contributed by atoms with E-state index in [4.69, 9.17) is 13.9 Å². The van der Waals surface area contributed by atoms with Crippen molar-refractivity contribution in [3.63, 3.8) is 0 Å². The highest BCUT2D eigenvalue weighted by Gasteiger charge is 2.14. The number of pyridine rings is 1. The summed E-state index contributed by atoms with van der Waals surface area (Å²) < 4.78 is 15.4. The molecule has 2 amide bonds. The van der Waals surface area contributed by atoms with Crippen LogP contribution in [0.15, 0.2) is 40.5 Å². The van der Waals surface area contributed by atoms with E-state index in [2.05, 4.69) is 20.6 Å². The molecule has 0 aromatic carbocycles. The van der Waals surface area contributed by atoms with Crippen molar-refractivity contribution in [1.29, 1.82) is 0 Å². The smallest absolute Gasteiger partial charge is 0.260 e. The number of carbonyl (C=O) groups excluding carboxylic acids is 2. The molecular formula is C20H22N4O5S. The van der Waals surface area contributed by atoms with Crippen molar-refractivity contribution in [3.8, 4) is 5.88 Å². The van der Waals surface area contributed by atoms with Gasteiger partial charge >= 0.3 is 0 Å². The van der Waals surface area contributed by atoms with Gasteiger partial charge in [-0.15, -0.1) is 11.3 Å². The Bertz CT molecular complexity index is 983. The lowest BCUT2D eigenvalue weighted by molar-refractivity contribution is -0.120. The first-order valence-electron chi connectivity index (χ1n) is 9.18. The Morgan fingerprint density at radius 2 is 2.10 bits per heavy atom. The maximum absolute atomic E-state index is 12.2. The SMILES string of the molecule is COCCOc1ccc(CNC(=O)Cc2csc(NC(=O)c3ccoc3C)n2)cn1. The molecule has 0 atom stereocenters. The summed E-state index contributed by atoms with van der Waals surface area (Å²) in [7, 11) is 1.60. The number of furan rings is 1. The third kappa shape index (κ3) is 6.13. The zero-order valence-corrected chi connectivity index (χ0v) is 17.5. The van der Waals surface area contributed by atoms with Crippen molar-refractivity contribution in [2.24, 2.45) is 0 Å². The van der Waals surface area contributed by atoms with Crippen LogP contribution in [0.4, 0.5) is 5.13 Å².